The van der Waals surface area contributed by atoms with Crippen LogP contribution in [0.4, 0.5) is 14.5 Å². The van der Waals surface area contributed by atoms with Crippen LogP contribution in [-0.4, -0.2) is 19.8 Å². The molecule has 2 rings (SSSR count). The molecule has 1 aromatic carbocycles. The maximum atomic E-state index is 13.3. The third kappa shape index (κ3) is 3.07. The Hall–Kier alpha value is -1.51. The minimum atomic E-state index is -3.73. The zero-order chi connectivity index (χ0) is 15.8. The molecule has 2 N–H and O–H groups in total. The fourth-order valence-electron chi connectivity index (χ4n) is 1.80. The van der Waals surface area contributed by atoms with Gasteiger partial charge < -0.3 is 5.73 Å². The molecule has 0 aliphatic carbocycles. The molecule has 114 valence electrons. The maximum Gasteiger partial charge on any atom is 0.252 e. The monoisotopic (exact) mass is 332 g/mol. The van der Waals surface area contributed by atoms with Gasteiger partial charge in [-0.15, -0.1) is 11.3 Å². The molecule has 4 nitrogen and oxygen atoms in total. The predicted octanol–water partition coefficient (Wildman–Crippen LogP) is 2.99. The van der Waals surface area contributed by atoms with E-state index in [2.05, 4.69) is 0 Å². The standard InChI is InChI=1S/C13H14F2N2O2S2/c1-8(9-3-4-11(14)12(15)5-9)17(2)21(18,19)13-6-10(16)7-20-13/h3-8H,16H2,1-2H3. The largest absolute Gasteiger partial charge is 0.398 e. The third-order valence-corrected chi connectivity index (χ3v) is 6.56. The van der Waals surface area contributed by atoms with Crippen LogP contribution in [-0.2, 0) is 10.0 Å². The second-order valence-electron chi connectivity index (χ2n) is 4.57. The number of nitrogens with zero attached hydrogens (tertiary/aromatic N) is 1. The highest BCUT2D eigenvalue weighted by atomic mass is 32.2. The number of nitrogen functional groups attached to an aromatic ring is 1. The lowest BCUT2D eigenvalue weighted by atomic mass is 10.1. The summed E-state index contributed by atoms with van der Waals surface area (Å²) in [4.78, 5) is 0. The van der Waals surface area contributed by atoms with Crippen molar-refractivity contribution in [3.05, 3.63) is 46.8 Å². The smallest absolute Gasteiger partial charge is 0.252 e. The number of hydrogen-bond donors (Lipinski definition) is 1. The molecule has 1 atom stereocenters. The van der Waals surface area contributed by atoms with E-state index in [0.717, 1.165) is 27.8 Å². The van der Waals surface area contributed by atoms with Gasteiger partial charge in [-0.3, -0.25) is 0 Å². The van der Waals surface area contributed by atoms with Gasteiger partial charge in [-0.25, -0.2) is 17.2 Å². The molecule has 0 radical (unpaired) electrons. The fraction of sp³-hybridized carbons (Fsp3) is 0.231. The number of anilines is 1. The van der Waals surface area contributed by atoms with Crippen molar-refractivity contribution in [2.45, 2.75) is 17.2 Å². The average Bonchev–Trinajstić information content (AvgIpc) is 2.87. The minimum absolute atomic E-state index is 0.108. The van der Waals surface area contributed by atoms with Crippen LogP contribution in [0.2, 0.25) is 0 Å². The molecule has 1 heterocycles. The van der Waals surface area contributed by atoms with E-state index in [9.17, 15) is 17.2 Å². The van der Waals surface area contributed by atoms with Crippen LogP contribution in [0.1, 0.15) is 18.5 Å². The first-order valence-electron chi connectivity index (χ1n) is 6.00. The summed E-state index contributed by atoms with van der Waals surface area (Å²) < 4.78 is 52.3. The highest BCUT2D eigenvalue weighted by Crippen LogP contribution is 2.30. The molecular formula is C13H14F2N2O2S2. The SMILES string of the molecule is CC(c1ccc(F)c(F)c1)N(C)S(=O)(=O)c1cc(N)cs1. The lowest BCUT2D eigenvalue weighted by Crippen LogP contribution is -2.29. The van der Waals surface area contributed by atoms with Gasteiger partial charge in [-0.05, 0) is 30.7 Å². The third-order valence-electron chi connectivity index (χ3n) is 3.20. The summed E-state index contributed by atoms with van der Waals surface area (Å²) in [7, 11) is -2.35. The van der Waals surface area contributed by atoms with Crippen LogP contribution in [0.15, 0.2) is 33.9 Å². The Morgan fingerprint density at radius 3 is 2.43 bits per heavy atom. The first kappa shape index (κ1) is 15.9. The van der Waals surface area contributed by atoms with E-state index in [1.807, 2.05) is 0 Å². The number of sulfonamides is 1. The van der Waals surface area contributed by atoms with E-state index in [1.54, 1.807) is 6.92 Å². The highest BCUT2D eigenvalue weighted by molar-refractivity contribution is 7.91. The van der Waals surface area contributed by atoms with Gasteiger partial charge in [0.05, 0.1) is 0 Å². The van der Waals surface area contributed by atoms with E-state index in [-0.39, 0.29) is 4.21 Å². The molecule has 0 spiro atoms. The van der Waals surface area contributed by atoms with E-state index in [1.165, 1.54) is 24.6 Å². The van der Waals surface area contributed by atoms with Gasteiger partial charge in [0.2, 0.25) is 0 Å². The van der Waals surface area contributed by atoms with Crippen molar-refractivity contribution < 1.29 is 17.2 Å². The van der Waals surface area contributed by atoms with Crippen molar-refractivity contribution in [2.24, 2.45) is 0 Å². The van der Waals surface area contributed by atoms with Crippen molar-refractivity contribution in [3.8, 4) is 0 Å². The van der Waals surface area contributed by atoms with Crippen LogP contribution in [0.25, 0.3) is 0 Å². The van der Waals surface area contributed by atoms with Gasteiger partial charge in [0.15, 0.2) is 11.6 Å². The average molecular weight is 332 g/mol. The molecule has 1 aromatic heterocycles. The van der Waals surface area contributed by atoms with Gasteiger partial charge in [-0.2, -0.15) is 4.31 Å². The minimum Gasteiger partial charge on any atom is -0.398 e. The summed E-state index contributed by atoms with van der Waals surface area (Å²) in [6, 6.07) is 4.06. The summed E-state index contributed by atoms with van der Waals surface area (Å²) in [6.07, 6.45) is 0. The first-order valence-corrected chi connectivity index (χ1v) is 8.32. The van der Waals surface area contributed by atoms with Crippen molar-refractivity contribution in [2.75, 3.05) is 12.8 Å². The Bertz CT molecular complexity index is 759. The normalized spacial score (nSPS) is 13.6. The second-order valence-corrected chi connectivity index (χ2v) is 7.71. The predicted molar refractivity (Wildman–Crippen MR) is 78.5 cm³/mol. The summed E-state index contributed by atoms with van der Waals surface area (Å²) in [6.45, 7) is 1.60. The first-order chi connectivity index (χ1) is 9.73. The molecule has 1 unspecified atom stereocenters. The van der Waals surface area contributed by atoms with Crippen LogP contribution in [0, 0.1) is 11.6 Å². The molecule has 0 aliphatic heterocycles. The Morgan fingerprint density at radius 1 is 1.24 bits per heavy atom. The van der Waals surface area contributed by atoms with Crippen LogP contribution < -0.4 is 5.73 Å². The molecular weight excluding hydrogens is 318 g/mol. The van der Waals surface area contributed by atoms with Crippen molar-refractivity contribution >= 4 is 27.0 Å². The number of benzene rings is 1. The van der Waals surface area contributed by atoms with Crippen LogP contribution >= 0.6 is 11.3 Å². The van der Waals surface area contributed by atoms with Crippen LogP contribution in [0.5, 0.6) is 0 Å². The van der Waals surface area contributed by atoms with Crippen molar-refractivity contribution in [1.29, 1.82) is 0 Å². The quantitative estimate of drug-likeness (QED) is 0.936. The Balaban J connectivity index is 2.34. The van der Waals surface area contributed by atoms with Gasteiger partial charge in [0, 0.05) is 24.2 Å². The number of thiophene rings is 1. The lowest BCUT2D eigenvalue weighted by molar-refractivity contribution is 0.396. The van der Waals surface area contributed by atoms with Gasteiger partial charge in [-0.1, -0.05) is 6.07 Å². The Morgan fingerprint density at radius 2 is 1.90 bits per heavy atom. The van der Waals surface area contributed by atoms with E-state index >= 15 is 0 Å². The van der Waals surface area contributed by atoms with Gasteiger partial charge >= 0.3 is 0 Å². The molecule has 2 aromatic rings. The molecule has 0 aliphatic rings. The van der Waals surface area contributed by atoms with Crippen molar-refractivity contribution in [3.63, 3.8) is 0 Å². The second kappa shape index (κ2) is 5.70. The maximum absolute atomic E-state index is 13.3. The summed E-state index contributed by atoms with van der Waals surface area (Å²) >= 11 is 1.01. The molecule has 0 saturated heterocycles. The number of nitrogens with two attached hydrogens (primary N) is 1. The molecule has 0 amide bonds. The summed E-state index contributed by atoms with van der Waals surface area (Å²) in [5, 5.41) is 1.53. The van der Waals surface area contributed by atoms with Gasteiger partial charge in [0.25, 0.3) is 10.0 Å². The molecule has 0 fully saturated rings. The number of rotatable bonds is 4. The van der Waals surface area contributed by atoms with Crippen molar-refractivity contribution in [1.82, 2.24) is 4.31 Å². The van der Waals surface area contributed by atoms with E-state index in [4.69, 9.17) is 5.73 Å². The Labute approximate surface area is 125 Å². The number of hydrogen-bond acceptors (Lipinski definition) is 4. The van der Waals surface area contributed by atoms with Crippen LogP contribution in [0.3, 0.4) is 0 Å². The highest BCUT2D eigenvalue weighted by Gasteiger charge is 2.28. The lowest BCUT2D eigenvalue weighted by Gasteiger charge is -2.24. The zero-order valence-corrected chi connectivity index (χ0v) is 13.0. The van der Waals surface area contributed by atoms with E-state index in [0.29, 0.717) is 11.3 Å². The molecule has 0 saturated carbocycles. The van der Waals surface area contributed by atoms with E-state index < -0.39 is 27.7 Å². The molecule has 0 bridgehead atoms. The topological polar surface area (TPSA) is 63.4 Å². The summed E-state index contributed by atoms with van der Waals surface area (Å²) in [5.41, 5.74) is 6.27. The zero-order valence-electron chi connectivity index (χ0n) is 11.4. The molecule has 21 heavy (non-hydrogen) atoms. The fourth-order valence-corrected chi connectivity index (χ4v) is 4.41. The summed E-state index contributed by atoms with van der Waals surface area (Å²) in [5.74, 6) is -1.98. The van der Waals surface area contributed by atoms with Gasteiger partial charge in [0.1, 0.15) is 4.21 Å². The number of halogens is 2. The Kier molecular flexibility index (Phi) is 4.31. The molecule has 8 heteroatoms.